The molecule has 0 radical (unpaired) electrons. The van der Waals surface area contributed by atoms with Crippen LogP contribution in [0.1, 0.15) is 68.6 Å². The highest BCUT2D eigenvalue weighted by Gasteiger charge is 2.27. The Hall–Kier alpha value is -1.84. The molecule has 1 atom stereocenters. The molecule has 3 aliphatic rings. The van der Waals surface area contributed by atoms with Crippen molar-refractivity contribution < 1.29 is 4.79 Å². The number of carbonyl (C=O) groups is 1. The monoisotopic (exact) mass is 339 g/mol. The van der Waals surface area contributed by atoms with Crippen LogP contribution in [-0.2, 0) is 0 Å². The van der Waals surface area contributed by atoms with Crippen LogP contribution in [0.5, 0.6) is 0 Å². The van der Waals surface area contributed by atoms with Gasteiger partial charge in [-0.15, -0.1) is 0 Å². The Balaban J connectivity index is 1.56. The molecular formula is C21H29N3O. The molecule has 1 aromatic heterocycles. The Morgan fingerprint density at radius 3 is 2.72 bits per heavy atom. The molecule has 2 saturated carbocycles. The zero-order valence-corrected chi connectivity index (χ0v) is 15.2. The highest BCUT2D eigenvalue weighted by molar-refractivity contribution is 5.93. The van der Waals surface area contributed by atoms with Gasteiger partial charge in [-0.2, -0.15) is 0 Å². The summed E-state index contributed by atoms with van der Waals surface area (Å²) < 4.78 is 0. The average Bonchev–Trinajstić information content (AvgIpc) is 3.44. The van der Waals surface area contributed by atoms with Gasteiger partial charge in [0.15, 0.2) is 0 Å². The molecule has 2 aliphatic carbocycles. The lowest BCUT2D eigenvalue weighted by Crippen LogP contribution is -2.35. The van der Waals surface area contributed by atoms with Crippen LogP contribution in [0.25, 0.3) is 6.08 Å². The van der Waals surface area contributed by atoms with E-state index in [0.29, 0.717) is 23.3 Å². The molecule has 4 heteroatoms. The van der Waals surface area contributed by atoms with Crippen molar-refractivity contribution in [3.63, 3.8) is 0 Å². The van der Waals surface area contributed by atoms with E-state index in [1.54, 1.807) is 0 Å². The highest BCUT2D eigenvalue weighted by atomic mass is 16.1. The molecule has 0 bridgehead atoms. The van der Waals surface area contributed by atoms with Crippen LogP contribution in [0.2, 0.25) is 0 Å². The third kappa shape index (κ3) is 3.73. The third-order valence-corrected chi connectivity index (χ3v) is 5.88. The SMILES string of the molecule is CCC1C=C(C2CC2)N=c2c(C(=O)NCC3CCCCC3)c[nH]c2=C1. The summed E-state index contributed by atoms with van der Waals surface area (Å²) in [7, 11) is 0. The molecule has 4 rings (SSSR count). The Kier molecular flexibility index (Phi) is 4.78. The van der Waals surface area contributed by atoms with Gasteiger partial charge in [0.2, 0.25) is 0 Å². The number of nitrogens with zero attached hydrogens (tertiary/aromatic N) is 1. The summed E-state index contributed by atoms with van der Waals surface area (Å²) in [5, 5.41) is 5.00. The van der Waals surface area contributed by atoms with Crippen molar-refractivity contribution in [2.24, 2.45) is 22.7 Å². The number of fused-ring (bicyclic) bond motifs is 1. The number of carbonyl (C=O) groups excluding carboxylic acids is 1. The summed E-state index contributed by atoms with van der Waals surface area (Å²) in [6.45, 7) is 3.00. The number of amides is 1. The molecule has 1 aliphatic heterocycles. The predicted molar refractivity (Wildman–Crippen MR) is 99.5 cm³/mol. The molecule has 2 N–H and O–H groups in total. The maximum absolute atomic E-state index is 12.8. The lowest BCUT2D eigenvalue weighted by Gasteiger charge is -2.21. The molecule has 25 heavy (non-hydrogen) atoms. The molecular weight excluding hydrogens is 310 g/mol. The van der Waals surface area contributed by atoms with Crippen molar-refractivity contribution in [1.82, 2.24) is 10.3 Å². The van der Waals surface area contributed by atoms with Gasteiger partial charge >= 0.3 is 0 Å². The van der Waals surface area contributed by atoms with Crippen LogP contribution in [0, 0.1) is 17.8 Å². The van der Waals surface area contributed by atoms with E-state index in [1.165, 1.54) is 50.6 Å². The first-order valence-corrected chi connectivity index (χ1v) is 10.0. The highest BCUT2D eigenvalue weighted by Crippen LogP contribution is 2.38. The maximum atomic E-state index is 12.8. The zero-order valence-electron chi connectivity index (χ0n) is 15.2. The molecule has 1 aromatic rings. The first-order chi connectivity index (χ1) is 12.2. The number of rotatable bonds is 5. The van der Waals surface area contributed by atoms with Crippen LogP contribution >= 0.6 is 0 Å². The number of hydrogen-bond acceptors (Lipinski definition) is 2. The fraction of sp³-hybridized carbons (Fsp3) is 0.619. The van der Waals surface area contributed by atoms with E-state index in [0.717, 1.165) is 23.7 Å². The lowest BCUT2D eigenvalue weighted by molar-refractivity contribution is 0.0942. The minimum Gasteiger partial charge on any atom is -0.359 e. The van der Waals surface area contributed by atoms with Gasteiger partial charge in [-0.05, 0) is 43.9 Å². The van der Waals surface area contributed by atoms with Crippen LogP contribution in [0.3, 0.4) is 0 Å². The Bertz CT molecular complexity index is 779. The largest absolute Gasteiger partial charge is 0.359 e. The second-order valence-electron chi connectivity index (χ2n) is 7.90. The second-order valence-corrected chi connectivity index (χ2v) is 7.90. The third-order valence-electron chi connectivity index (χ3n) is 5.88. The minimum absolute atomic E-state index is 0.0188. The van der Waals surface area contributed by atoms with Gasteiger partial charge in [0.25, 0.3) is 5.91 Å². The standard InChI is InChI=1S/C21H29N3O/c1-2-14-10-18(16-8-9-16)24-20-17(13-22-19(20)11-14)21(25)23-12-15-6-4-3-5-7-15/h10-11,13-16,22H,2-9,12H2,1H3,(H,23,25). The number of hydrogen-bond donors (Lipinski definition) is 2. The molecule has 0 spiro atoms. The lowest BCUT2D eigenvalue weighted by atomic mass is 9.89. The molecule has 0 aromatic carbocycles. The number of allylic oxidation sites excluding steroid dienone is 2. The Morgan fingerprint density at radius 2 is 2.00 bits per heavy atom. The number of aromatic nitrogens is 1. The van der Waals surface area contributed by atoms with Crippen molar-refractivity contribution in [2.75, 3.05) is 6.54 Å². The average molecular weight is 339 g/mol. The van der Waals surface area contributed by atoms with Crippen LogP contribution < -0.4 is 16.0 Å². The van der Waals surface area contributed by atoms with Gasteiger partial charge in [-0.3, -0.25) is 9.79 Å². The summed E-state index contributed by atoms with van der Waals surface area (Å²) in [5.41, 5.74) is 1.88. The van der Waals surface area contributed by atoms with E-state index in [9.17, 15) is 4.79 Å². The summed E-state index contributed by atoms with van der Waals surface area (Å²) in [5.74, 6) is 1.66. The summed E-state index contributed by atoms with van der Waals surface area (Å²) >= 11 is 0. The molecule has 2 heterocycles. The summed E-state index contributed by atoms with van der Waals surface area (Å²) in [4.78, 5) is 21.0. The zero-order chi connectivity index (χ0) is 17.2. The van der Waals surface area contributed by atoms with Gasteiger partial charge in [0, 0.05) is 24.4 Å². The van der Waals surface area contributed by atoms with Crippen LogP contribution in [-0.4, -0.2) is 17.4 Å². The van der Waals surface area contributed by atoms with E-state index in [2.05, 4.69) is 29.4 Å². The van der Waals surface area contributed by atoms with E-state index >= 15 is 0 Å². The summed E-state index contributed by atoms with van der Waals surface area (Å²) in [6.07, 6.45) is 16.3. The Morgan fingerprint density at radius 1 is 1.20 bits per heavy atom. The number of aromatic amines is 1. The molecule has 4 nitrogen and oxygen atoms in total. The summed E-state index contributed by atoms with van der Waals surface area (Å²) in [6, 6.07) is 0. The topological polar surface area (TPSA) is 57.2 Å². The smallest absolute Gasteiger partial charge is 0.255 e. The fourth-order valence-corrected chi connectivity index (χ4v) is 4.07. The predicted octanol–water partition coefficient (Wildman–Crippen LogP) is 3.06. The van der Waals surface area contributed by atoms with E-state index in [1.807, 2.05) is 6.20 Å². The van der Waals surface area contributed by atoms with Gasteiger partial charge < -0.3 is 10.3 Å². The van der Waals surface area contributed by atoms with Crippen LogP contribution in [0.4, 0.5) is 0 Å². The Labute approximate surface area is 149 Å². The molecule has 2 fully saturated rings. The van der Waals surface area contributed by atoms with Gasteiger partial charge in [0.1, 0.15) is 5.36 Å². The first kappa shape index (κ1) is 16.6. The van der Waals surface area contributed by atoms with Crippen molar-refractivity contribution in [1.29, 1.82) is 0 Å². The normalized spacial score (nSPS) is 23.7. The quantitative estimate of drug-likeness (QED) is 0.851. The number of nitrogens with one attached hydrogen (secondary N) is 2. The second kappa shape index (κ2) is 7.19. The van der Waals surface area contributed by atoms with E-state index in [4.69, 9.17) is 4.99 Å². The van der Waals surface area contributed by atoms with Crippen LogP contribution in [0.15, 0.2) is 23.0 Å². The van der Waals surface area contributed by atoms with Crippen molar-refractivity contribution in [3.8, 4) is 0 Å². The van der Waals surface area contributed by atoms with Crippen molar-refractivity contribution >= 4 is 12.0 Å². The van der Waals surface area contributed by atoms with E-state index < -0.39 is 0 Å². The van der Waals surface area contributed by atoms with E-state index in [-0.39, 0.29) is 5.91 Å². The maximum Gasteiger partial charge on any atom is 0.255 e. The molecule has 1 amide bonds. The molecule has 1 unspecified atom stereocenters. The van der Waals surface area contributed by atoms with Gasteiger partial charge in [0.05, 0.1) is 10.9 Å². The number of H-pyrrole nitrogens is 1. The van der Waals surface area contributed by atoms with Gasteiger partial charge in [-0.25, -0.2) is 0 Å². The fourth-order valence-electron chi connectivity index (χ4n) is 4.07. The minimum atomic E-state index is 0.0188. The first-order valence-electron chi connectivity index (χ1n) is 10.0. The molecule has 134 valence electrons. The van der Waals surface area contributed by atoms with Gasteiger partial charge in [-0.1, -0.05) is 38.3 Å². The van der Waals surface area contributed by atoms with Crippen molar-refractivity contribution in [2.45, 2.75) is 58.3 Å². The molecule has 0 saturated heterocycles. The van der Waals surface area contributed by atoms with Crippen molar-refractivity contribution in [3.05, 3.63) is 34.2 Å².